The monoisotopic (exact) mass is 210 g/mol. The Bertz CT molecular complexity index is 358. The molecule has 0 saturated carbocycles. The van der Waals surface area contributed by atoms with Gasteiger partial charge in [-0.2, -0.15) is 9.64 Å². The van der Waals surface area contributed by atoms with Gasteiger partial charge in [-0.3, -0.25) is 0 Å². The SMILES string of the molecule is N#CCc1nsc(N2CCC(O)C2)n1. The van der Waals surface area contributed by atoms with Crippen molar-refractivity contribution in [2.24, 2.45) is 0 Å². The van der Waals surface area contributed by atoms with Crippen molar-refractivity contribution >= 4 is 16.7 Å². The van der Waals surface area contributed by atoms with E-state index < -0.39 is 0 Å². The lowest BCUT2D eigenvalue weighted by Crippen LogP contribution is -2.20. The second kappa shape index (κ2) is 3.90. The quantitative estimate of drug-likeness (QED) is 0.753. The highest BCUT2D eigenvalue weighted by Crippen LogP contribution is 2.22. The van der Waals surface area contributed by atoms with Gasteiger partial charge in [0.1, 0.15) is 0 Å². The summed E-state index contributed by atoms with van der Waals surface area (Å²) in [5.41, 5.74) is 0. The van der Waals surface area contributed by atoms with E-state index in [0.29, 0.717) is 12.4 Å². The zero-order valence-corrected chi connectivity index (χ0v) is 8.37. The summed E-state index contributed by atoms with van der Waals surface area (Å²) in [5.74, 6) is 0.578. The largest absolute Gasteiger partial charge is 0.391 e. The normalized spacial score (nSPS) is 21.1. The summed E-state index contributed by atoms with van der Waals surface area (Å²) < 4.78 is 4.06. The van der Waals surface area contributed by atoms with Gasteiger partial charge in [-0.15, -0.1) is 0 Å². The summed E-state index contributed by atoms with van der Waals surface area (Å²) >= 11 is 1.29. The summed E-state index contributed by atoms with van der Waals surface area (Å²) in [4.78, 5) is 6.22. The number of β-amino-alcohol motifs (C(OH)–C–C–N with tert-alkyl or cyclic N) is 1. The number of hydrogen-bond donors (Lipinski definition) is 1. The van der Waals surface area contributed by atoms with Gasteiger partial charge in [0.15, 0.2) is 5.82 Å². The number of anilines is 1. The van der Waals surface area contributed by atoms with Crippen LogP contribution in [0, 0.1) is 11.3 Å². The number of aliphatic hydroxyl groups excluding tert-OH is 1. The lowest BCUT2D eigenvalue weighted by atomic mass is 10.3. The number of hydrogen-bond acceptors (Lipinski definition) is 6. The second-order valence-corrected chi connectivity index (χ2v) is 3.95. The fraction of sp³-hybridized carbons (Fsp3) is 0.625. The summed E-state index contributed by atoms with van der Waals surface area (Å²) in [7, 11) is 0. The standard InChI is InChI=1S/C8H10N4OS/c9-3-1-7-10-8(14-11-7)12-4-2-6(13)5-12/h6,13H,1-2,4-5H2. The molecule has 6 heteroatoms. The zero-order valence-electron chi connectivity index (χ0n) is 7.55. The van der Waals surface area contributed by atoms with Crippen molar-refractivity contribution in [2.75, 3.05) is 18.0 Å². The van der Waals surface area contributed by atoms with E-state index >= 15 is 0 Å². The Morgan fingerprint density at radius 1 is 1.71 bits per heavy atom. The highest BCUT2D eigenvalue weighted by atomic mass is 32.1. The summed E-state index contributed by atoms with van der Waals surface area (Å²) in [6, 6.07) is 2.01. The minimum atomic E-state index is -0.252. The first-order valence-corrected chi connectivity index (χ1v) is 5.19. The van der Waals surface area contributed by atoms with Gasteiger partial charge in [-0.25, -0.2) is 4.98 Å². The average molecular weight is 210 g/mol. The molecule has 74 valence electrons. The molecule has 1 fully saturated rings. The van der Waals surface area contributed by atoms with Crippen LogP contribution in [0.1, 0.15) is 12.2 Å². The molecule has 0 aliphatic carbocycles. The van der Waals surface area contributed by atoms with E-state index in [-0.39, 0.29) is 12.5 Å². The lowest BCUT2D eigenvalue weighted by Gasteiger charge is -2.11. The van der Waals surface area contributed by atoms with E-state index in [0.717, 1.165) is 18.1 Å². The maximum atomic E-state index is 9.33. The van der Waals surface area contributed by atoms with Crippen molar-refractivity contribution in [3.8, 4) is 6.07 Å². The first-order chi connectivity index (χ1) is 6.79. The molecule has 2 rings (SSSR count). The third-order valence-electron chi connectivity index (χ3n) is 2.13. The van der Waals surface area contributed by atoms with E-state index in [1.165, 1.54) is 11.5 Å². The second-order valence-electron chi connectivity index (χ2n) is 3.22. The molecular formula is C8H10N4OS. The molecule has 5 nitrogen and oxygen atoms in total. The van der Waals surface area contributed by atoms with E-state index in [1.807, 2.05) is 11.0 Å². The molecule has 0 radical (unpaired) electrons. The minimum Gasteiger partial charge on any atom is -0.391 e. The van der Waals surface area contributed by atoms with Crippen LogP contribution in [0.5, 0.6) is 0 Å². The van der Waals surface area contributed by atoms with Crippen molar-refractivity contribution in [1.82, 2.24) is 9.36 Å². The predicted molar refractivity (Wildman–Crippen MR) is 52.1 cm³/mol. The first kappa shape index (κ1) is 9.37. The Morgan fingerprint density at radius 2 is 2.57 bits per heavy atom. The van der Waals surface area contributed by atoms with Crippen LogP contribution < -0.4 is 4.90 Å². The first-order valence-electron chi connectivity index (χ1n) is 4.42. The number of nitrogens with zero attached hydrogens (tertiary/aromatic N) is 4. The molecule has 0 aromatic carbocycles. The molecule has 1 aromatic rings. The van der Waals surface area contributed by atoms with Crippen molar-refractivity contribution < 1.29 is 5.11 Å². The predicted octanol–water partition coefficient (Wildman–Crippen LogP) is 0.175. The van der Waals surface area contributed by atoms with Crippen molar-refractivity contribution in [2.45, 2.75) is 18.9 Å². The average Bonchev–Trinajstić information content (AvgIpc) is 2.74. The molecule has 1 aliphatic rings. The fourth-order valence-electron chi connectivity index (χ4n) is 1.43. The van der Waals surface area contributed by atoms with Crippen LogP contribution in [0.25, 0.3) is 0 Å². The molecule has 0 spiro atoms. The van der Waals surface area contributed by atoms with Crippen molar-refractivity contribution in [3.63, 3.8) is 0 Å². The molecule has 1 unspecified atom stereocenters. The number of nitriles is 1. The van der Waals surface area contributed by atoms with Crippen LogP contribution in [-0.2, 0) is 6.42 Å². The maximum absolute atomic E-state index is 9.33. The van der Waals surface area contributed by atoms with E-state index in [2.05, 4.69) is 9.36 Å². The Morgan fingerprint density at radius 3 is 3.21 bits per heavy atom. The third kappa shape index (κ3) is 1.84. The topological polar surface area (TPSA) is 73.0 Å². The number of aliphatic hydroxyl groups is 1. The summed E-state index contributed by atoms with van der Waals surface area (Å²) in [5, 5.41) is 18.6. The maximum Gasteiger partial charge on any atom is 0.205 e. The molecule has 14 heavy (non-hydrogen) atoms. The molecule has 1 N–H and O–H groups in total. The van der Waals surface area contributed by atoms with Crippen LogP contribution in [0.3, 0.4) is 0 Å². The van der Waals surface area contributed by atoms with Gasteiger partial charge in [0.2, 0.25) is 5.13 Å². The summed E-state index contributed by atoms with van der Waals surface area (Å²) in [6.07, 6.45) is 0.790. The fourth-order valence-corrected chi connectivity index (χ4v) is 2.15. The van der Waals surface area contributed by atoms with Gasteiger partial charge < -0.3 is 10.0 Å². The highest BCUT2D eigenvalue weighted by Gasteiger charge is 2.22. The van der Waals surface area contributed by atoms with Gasteiger partial charge in [0, 0.05) is 24.6 Å². The molecule has 1 aliphatic heterocycles. The van der Waals surface area contributed by atoms with Crippen molar-refractivity contribution in [1.29, 1.82) is 5.26 Å². The van der Waals surface area contributed by atoms with Crippen molar-refractivity contribution in [3.05, 3.63) is 5.82 Å². The van der Waals surface area contributed by atoms with E-state index in [9.17, 15) is 5.11 Å². The molecule has 1 aromatic heterocycles. The van der Waals surface area contributed by atoms with Gasteiger partial charge in [0.05, 0.1) is 18.6 Å². The smallest absolute Gasteiger partial charge is 0.205 e. The third-order valence-corrected chi connectivity index (χ3v) is 2.94. The van der Waals surface area contributed by atoms with Crippen LogP contribution in [-0.4, -0.2) is 33.7 Å². The Balaban J connectivity index is 2.06. The number of rotatable bonds is 2. The van der Waals surface area contributed by atoms with Crippen LogP contribution in [0.2, 0.25) is 0 Å². The van der Waals surface area contributed by atoms with Gasteiger partial charge in [-0.1, -0.05) is 0 Å². The highest BCUT2D eigenvalue weighted by molar-refractivity contribution is 7.09. The summed E-state index contributed by atoms with van der Waals surface area (Å²) in [6.45, 7) is 1.45. The van der Waals surface area contributed by atoms with E-state index in [4.69, 9.17) is 5.26 Å². The molecule has 1 atom stereocenters. The molecule has 2 heterocycles. The van der Waals surface area contributed by atoms with Gasteiger partial charge >= 0.3 is 0 Å². The Labute approximate surface area is 85.8 Å². The molecule has 0 bridgehead atoms. The van der Waals surface area contributed by atoms with Gasteiger partial charge in [0.25, 0.3) is 0 Å². The van der Waals surface area contributed by atoms with E-state index in [1.54, 1.807) is 0 Å². The van der Waals surface area contributed by atoms with Crippen LogP contribution >= 0.6 is 11.5 Å². The molecular weight excluding hydrogens is 200 g/mol. The Hall–Kier alpha value is -1.19. The lowest BCUT2D eigenvalue weighted by molar-refractivity contribution is 0.198. The van der Waals surface area contributed by atoms with Gasteiger partial charge in [-0.05, 0) is 6.42 Å². The molecule has 0 amide bonds. The van der Waals surface area contributed by atoms with Crippen LogP contribution in [0.4, 0.5) is 5.13 Å². The Kier molecular flexibility index (Phi) is 2.61. The van der Waals surface area contributed by atoms with Crippen LogP contribution in [0.15, 0.2) is 0 Å². The number of aromatic nitrogens is 2. The minimum absolute atomic E-state index is 0.252. The zero-order chi connectivity index (χ0) is 9.97. The molecule has 1 saturated heterocycles.